The van der Waals surface area contributed by atoms with Gasteiger partial charge in [0.1, 0.15) is 0 Å². The zero-order valence-electron chi connectivity index (χ0n) is 12.3. The Labute approximate surface area is 138 Å². The molecule has 1 aromatic carbocycles. The van der Waals surface area contributed by atoms with Gasteiger partial charge in [-0.3, -0.25) is 9.36 Å². The maximum atomic E-state index is 11.7. The van der Waals surface area contributed by atoms with Gasteiger partial charge in [0, 0.05) is 30.6 Å². The smallest absolute Gasteiger partial charge is 0.230 e. The van der Waals surface area contributed by atoms with Crippen molar-refractivity contribution >= 4 is 29.3 Å². The van der Waals surface area contributed by atoms with E-state index in [2.05, 4.69) is 10.3 Å². The van der Waals surface area contributed by atoms with E-state index >= 15 is 0 Å². The number of thioether (sulfide) groups is 1. The van der Waals surface area contributed by atoms with Crippen LogP contribution in [0.3, 0.4) is 0 Å². The summed E-state index contributed by atoms with van der Waals surface area (Å²) in [4.78, 5) is 16.0. The molecule has 2 aromatic rings. The number of hydrogen-bond acceptors (Lipinski definition) is 4. The number of hydrogen-bond donors (Lipinski definition) is 2. The summed E-state index contributed by atoms with van der Waals surface area (Å²) in [6, 6.07) is 5.70. The lowest BCUT2D eigenvalue weighted by molar-refractivity contribution is -0.118. The first-order chi connectivity index (χ1) is 10.6. The van der Waals surface area contributed by atoms with E-state index in [9.17, 15) is 4.79 Å². The van der Waals surface area contributed by atoms with Crippen molar-refractivity contribution < 1.29 is 9.90 Å². The predicted molar refractivity (Wildman–Crippen MR) is 88.7 cm³/mol. The molecule has 2 rings (SSSR count). The first kappa shape index (κ1) is 16.9. The molecule has 5 nitrogen and oxygen atoms in total. The second-order valence-corrected chi connectivity index (χ2v) is 6.03. The number of benzene rings is 1. The maximum Gasteiger partial charge on any atom is 0.230 e. The highest BCUT2D eigenvalue weighted by atomic mass is 35.5. The number of carbonyl (C=O) groups is 1. The molecule has 0 saturated heterocycles. The van der Waals surface area contributed by atoms with E-state index in [-0.39, 0.29) is 18.3 Å². The summed E-state index contributed by atoms with van der Waals surface area (Å²) in [7, 11) is 0. The lowest BCUT2D eigenvalue weighted by Crippen LogP contribution is -2.26. The molecule has 0 unspecified atom stereocenters. The standard InChI is InChI=1S/C15H18ClN3O2S/c1-11-12(16)4-2-5-13(11)19-8-7-18-15(19)22-10-14(21)17-6-3-9-20/h2,4-5,7-8,20H,3,6,9-10H2,1H3,(H,17,21). The van der Waals surface area contributed by atoms with E-state index in [1.807, 2.05) is 35.9 Å². The van der Waals surface area contributed by atoms with Gasteiger partial charge in [-0.1, -0.05) is 29.4 Å². The highest BCUT2D eigenvalue weighted by Gasteiger charge is 2.11. The first-order valence-electron chi connectivity index (χ1n) is 6.92. The maximum absolute atomic E-state index is 11.7. The van der Waals surface area contributed by atoms with E-state index in [4.69, 9.17) is 16.7 Å². The number of aliphatic hydroxyl groups excluding tert-OH is 1. The van der Waals surface area contributed by atoms with Crippen molar-refractivity contribution in [3.05, 3.63) is 41.2 Å². The molecule has 0 atom stereocenters. The van der Waals surface area contributed by atoms with Crippen molar-refractivity contribution in [2.45, 2.75) is 18.5 Å². The van der Waals surface area contributed by atoms with Gasteiger partial charge in [0.05, 0.1) is 11.4 Å². The Balaban J connectivity index is 2.04. The highest BCUT2D eigenvalue weighted by molar-refractivity contribution is 7.99. The van der Waals surface area contributed by atoms with E-state index in [1.165, 1.54) is 11.8 Å². The number of amides is 1. The van der Waals surface area contributed by atoms with Crippen molar-refractivity contribution in [1.29, 1.82) is 0 Å². The van der Waals surface area contributed by atoms with E-state index in [1.54, 1.807) is 6.20 Å². The van der Waals surface area contributed by atoms with Crippen LogP contribution in [0.1, 0.15) is 12.0 Å². The van der Waals surface area contributed by atoms with Gasteiger partial charge in [-0.15, -0.1) is 0 Å². The van der Waals surface area contributed by atoms with E-state index in [0.717, 1.165) is 16.4 Å². The molecule has 1 aromatic heterocycles. The van der Waals surface area contributed by atoms with Gasteiger partial charge in [-0.05, 0) is 31.0 Å². The average Bonchev–Trinajstić information content (AvgIpc) is 2.96. The summed E-state index contributed by atoms with van der Waals surface area (Å²) in [5, 5.41) is 12.9. The third-order valence-electron chi connectivity index (χ3n) is 3.09. The van der Waals surface area contributed by atoms with Crippen molar-refractivity contribution in [1.82, 2.24) is 14.9 Å². The van der Waals surface area contributed by atoms with Crippen LogP contribution in [-0.2, 0) is 4.79 Å². The van der Waals surface area contributed by atoms with Crippen molar-refractivity contribution in [3.8, 4) is 5.69 Å². The minimum Gasteiger partial charge on any atom is -0.396 e. The van der Waals surface area contributed by atoms with Crippen LogP contribution in [0.25, 0.3) is 5.69 Å². The van der Waals surface area contributed by atoms with Crippen LogP contribution in [-0.4, -0.2) is 39.5 Å². The van der Waals surface area contributed by atoms with Crippen LogP contribution in [0.2, 0.25) is 5.02 Å². The van der Waals surface area contributed by atoms with Crippen molar-refractivity contribution in [2.24, 2.45) is 0 Å². The topological polar surface area (TPSA) is 67.2 Å². The minimum absolute atomic E-state index is 0.0733. The zero-order chi connectivity index (χ0) is 15.9. The third-order valence-corrected chi connectivity index (χ3v) is 4.47. The number of aliphatic hydroxyl groups is 1. The predicted octanol–water partition coefficient (Wildman–Crippen LogP) is 2.42. The van der Waals surface area contributed by atoms with Gasteiger partial charge >= 0.3 is 0 Å². The minimum atomic E-state index is -0.0733. The van der Waals surface area contributed by atoms with Gasteiger partial charge in [0.15, 0.2) is 5.16 Å². The lowest BCUT2D eigenvalue weighted by atomic mass is 10.2. The van der Waals surface area contributed by atoms with Gasteiger partial charge < -0.3 is 10.4 Å². The summed E-state index contributed by atoms with van der Waals surface area (Å²) >= 11 is 7.52. The normalized spacial score (nSPS) is 10.7. The van der Waals surface area contributed by atoms with Crippen LogP contribution in [0.15, 0.2) is 35.7 Å². The van der Waals surface area contributed by atoms with Crippen LogP contribution in [0.4, 0.5) is 0 Å². The Kier molecular flexibility index (Phi) is 6.30. The number of halogens is 1. The monoisotopic (exact) mass is 339 g/mol. The fraction of sp³-hybridized carbons (Fsp3) is 0.333. The quantitative estimate of drug-likeness (QED) is 0.600. The molecule has 0 aliphatic carbocycles. The molecule has 2 N–H and O–H groups in total. The molecule has 0 radical (unpaired) electrons. The zero-order valence-corrected chi connectivity index (χ0v) is 13.8. The molecule has 1 heterocycles. The molecule has 0 fully saturated rings. The van der Waals surface area contributed by atoms with Crippen molar-refractivity contribution in [2.75, 3.05) is 18.9 Å². The van der Waals surface area contributed by atoms with Gasteiger partial charge in [-0.2, -0.15) is 0 Å². The second kappa shape index (κ2) is 8.22. The van der Waals surface area contributed by atoms with Crippen LogP contribution in [0.5, 0.6) is 0 Å². The largest absolute Gasteiger partial charge is 0.396 e. The molecule has 0 aliphatic rings. The van der Waals surface area contributed by atoms with Crippen LogP contribution >= 0.6 is 23.4 Å². The Hall–Kier alpha value is -1.50. The molecule has 0 bridgehead atoms. The molecule has 1 amide bonds. The Bertz CT molecular complexity index is 645. The SMILES string of the molecule is Cc1c(Cl)cccc1-n1ccnc1SCC(=O)NCCCO. The number of rotatable bonds is 7. The summed E-state index contributed by atoms with van der Waals surface area (Å²) < 4.78 is 1.92. The molecular formula is C15H18ClN3O2S. The van der Waals surface area contributed by atoms with Crippen LogP contribution in [0, 0.1) is 6.92 Å². The second-order valence-electron chi connectivity index (χ2n) is 4.68. The Morgan fingerprint density at radius 2 is 2.32 bits per heavy atom. The molecule has 0 saturated carbocycles. The fourth-order valence-corrected chi connectivity index (χ4v) is 2.89. The summed E-state index contributed by atoms with van der Waals surface area (Å²) in [5.74, 6) is 0.206. The summed E-state index contributed by atoms with van der Waals surface area (Å²) in [6.07, 6.45) is 4.11. The van der Waals surface area contributed by atoms with E-state index in [0.29, 0.717) is 18.0 Å². The number of nitrogens with zero attached hydrogens (tertiary/aromatic N) is 2. The van der Waals surface area contributed by atoms with Crippen LogP contribution < -0.4 is 5.32 Å². The Morgan fingerprint density at radius 3 is 3.09 bits per heavy atom. The first-order valence-corrected chi connectivity index (χ1v) is 8.29. The number of nitrogens with one attached hydrogen (secondary N) is 1. The molecular weight excluding hydrogens is 322 g/mol. The Morgan fingerprint density at radius 1 is 1.50 bits per heavy atom. The average molecular weight is 340 g/mol. The highest BCUT2D eigenvalue weighted by Crippen LogP contribution is 2.26. The summed E-state index contributed by atoms with van der Waals surface area (Å²) in [5.41, 5.74) is 1.92. The molecule has 7 heteroatoms. The lowest BCUT2D eigenvalue weighted by Gasteiger charge is -2.11. The third kappa shape index (κ3) is 4.25. The van der Waals surface area contributed by atoms with Gasteiger partial charge in [-0.25, -0.2) is 4.98 Å². The van der Waals surface area contributed by atoms with Crippen molar-refractivity contribution in [3.63, 3.8) is 0 Å². The van der Waals surface area contributed by atoms with Gasteiger partial charge in [0.2, 0.25) is 5.91 Å². The molecule has 0 aliphatic heterocycles. The number of imidazole rings is 1. The molecule has 118 valence electrons. The van der Waals surface area contributed by atoms with Gasteiger partial charge in [0.25, 0.3) is 0 Å². The fourth-order valence-electron chi connectivity index (χ4n) is 1.92. The molecule has 0 spiro atoms. The number of aromatic nitrogens is 2. The summed E-state index contributed by atoms with van der Waals surface area (Å²) in [6.45, 7) is 2.51. The van der Waals surface area contributed by atoms with E-state index < -0.39 is 0 Å². The molecule has 22 heavy (non-hydrogen) atoms. The number of carbonyl (C=O) groups excluding carboxylic acids is 1.